The Kier molecular flexibility index (Phi) is 3.68. The molecule has 1 aromatic heterocycles. The fraction of sp³-hybridized carbons (Fsp3) is 0.667. The number of hydrogen-bond acceptors (Lipinski definition) is 5. The Morgan fingerprint density at radius 1 is 1.39 bits per heavy atom. The van der Waals surface area contributed by atoms with Crippen LogP contribution in [0.5, 0.6) is 5.75 Å². The van der Waals surface area contributed by atoms with Crippen LogP contribution < -0.4 is 4.74 Å². The summed E-state index contributed by atoms with van der Waals surface area (Å²) >= 11 is 0. The third kappa shape index (κ3) is 2.26. The lowest BCUT2D eigenvalue weighted by molar-refractivity contribution is 0.0674. The van der Waals surface area contributed by atoms with Crippen molar-refractivity contribution in [2.24, 2.45) is 7.05 Å². The number of aryl methyl sites for hydroxylation is 1. The molecule has 6 nitrogen and oxygen atoms in total. The van der Waals surface area contributed by atoms with E-state index in [0.29, 0.717) is 11.4 Å². The molecule has 1 aliphatic heterocycles. The third-order valence-corrected chi connectivity index (χ3v) is 3.51. The standard InChI is InChI=1S/C12H20N4O2/c1-14-5-6-15(2)9(8-14)12(17)11-10(18-4)7-13-16(11)3/h7,9H,5-6,8H2,1-4H3. The highest BCUT2D eigenvalue weighted by molar-refractivity contribution is 6.01. The van der Waals surface area contributed by atoms with Gasteiger partial charge in [-0.25, -0.2) is 0 Å². The molecular weight excluding hydrogens is 232 g/mol. The van der Waals surface area contributed by atoms with E-state index in [1.165, 1.54) is 0 Å². The van der Waals surface area contributed by atoms with E-state index in [4.69, 9.17) is 4.74 Å². The van der Waals surface area contributed by atoms with Gasteiger partial charge < -0.3 is 9.64 Å². The molecular formula is C12H20N4O2. The van der Waals surface area contributed by atoms with Gasteiger partial charge in [-0.2, -0.15) is 5.10 Å². The van der Waals surface area contributed by atoms with E-state index in [-0.39, 0.29) is 11.8 Å². The van der Waals surface area contributed by atoms with E-state index in [2.05, 4.69) is 14.9 Å². The van der Waals surface area contributed by atoms with Crippen molar-refractivity contribution in [1.29, 1.82) is 0 Å². The first kappa shape index (κ1) is 13.0. The molecule has 1 aromatic rings. The molecule has 1 unspecified atom stereocenters. The molecule has 1 fully saturated rings. The number of aromatic nitrogens is 2. The van der Waals surface area contributed by atoms with Gasteiger partial charge >= 0.3 is 0 Å². The van der Waals surface area contributed by atoms with Crippen LogP contribution in [-0.2, 0) is 7.05 Å². The van der Waals surface area contributed by atoms with Gasteiger partial charge in [0.05, 0.1) is 19.3 Å². The van der Waals surface area contributed by atoms with Crippen LogP contribution in [-0.4, -0.2) is 72.2 Å². The SMILES string of the molecule is COc1cnn(C)c1C(=O)C1CN(C)CCN1C. The van der Waals surface area contributed by atoms with E-state index < -0.39 is 0 Å². The summed E-state index contributed by atoms with van der Waals surface area (Å²) in [6.45, 7) is 2.62. The molecule has 0 aromatic carbocycles. The van der Waals surface area contributed by atoms with Crippen molar-refractivity contribution in [2.45, 2.75) is 6.04 Å². The zero-order valence-corrected chi connectivity index (χ0v) is 11.4. The Balaban J connectivity index is 2.27. The summed E-state index contributed by atoms with van der Waals surface area (Å²) in [6, 6.07) is -0.131. The number of ketones is 1. The molecule has 0 amide bonds. The summed E-state index contributed by atoms with van der Waals surface area (Å²) in [5, 5.41) is 4.09. The van der Waals surface area contributed by atoms with Gasteiger partial charge in [-0.15, -0.1) is 0 Å². The molecule has 0 N–H and O–H groups in total. The Bertz CT molecular complexity index is 443. The van der Waals surface area contributed by atoms with Crippen LogP contribution in [0.15, 0.2) is 6.20 Å². The first-order valence-electron chi connectivity index (χ1n) is 6.03. The highest BCUT2D eigenvalue weighted by Gasteiger charge is 2.32. The van der Waals surface area contributed by atoms with Crippen LogP contribution in [0.25, 0.3) is 0 Å². The Morgan fingerprint density at radius 3 is 2.78 bits per heavy atom. The second-order valence-corrected chi connectivity index (χ2v) is 4.81. The molecule has 100 valence electrons. The van der Waals surface area contributed by atoms with Crippen molar-refractivity contribution in [3.8, 4) is 5.75 Å². The zero-order valence-electron chi connectivity index (χ0n) is 11.4. The molecule has 0 bridgehead atoms. The van der Waals surface area contributed by atoms with Crippen molar-refractivity contribution in [3.05, 3.63) is 11.9 Å². The van der Waals surface area contributed by atoms with E-state index in [9.17, 15) is 4.79 Å². The van der Waals surface area contributed by atoms with E-state index in [0.717, 1.165) is 19.6 Å². The first-order chi connectivity index (χ1) is 8.54. The summed E-state index contributed by atoms with van der Waals surface area (Å²) in [6.07, 6.45) is 1.58. The second kappa shape index (κ2) is 5.07. The van der Waals surface area contributed by atoms with Crippen molar-refractivity contribution in [2.75, 3.05) is 40.8 Å². The maximum absolute atomic E-state index is 12.6. The van der Waals surface area contributed by atoms with Gasteiger partial charge in [0.2, 0.25) is 5.78 Å². The summed E-state index contributed by atoms with van der Waals surface area (Å²) in [4.78, 5) is 16.9. The molecule has 0 aliphatic carbocycles. The number of carbonyl (C=O) groups is 1. The summed E-state index contributed by atoms with van der Waals surface area (Å²) in [5.41, 5.74) is 0.546. The molecule has 6 heteroatoms. The van der Waals surface area contributed by atoms with Crippen LogP contribution in [0.4, 0.5) is 0 Å². The number of methoxy groups -OCH3 is 1. The fourth-order valence-corrected chi connectivity index (χ4v) is 2.30. The predicted molar refractivity (Wildman–Crippen MR) is 68.0 cm³/mol. The average molecular weight is 252 g/mol. The summed E-state index contributed by atoms with van der Waals surface area (Å²) < 4.78 is 6.79. The van der Waals surface area contributed by atoms with Crippen molar-refractivity contribution in [1.82, 2.24) is 19.6 Å². The van der Waals surface area contributed by atoms with E-state index >= 15 is 0 Å². The summed E-state index contributed by atoms with van der Waals surface area (Å²) in [7, 11) is 7.35. The van der Waals surface area contributed by atoms with Gasteiger partial charge in [-0.3, -0.25) is 14.4 Å². The lowest BCUT2D eigenvalue weighted by Gasteiger charge is -2.36. The normalized spacial score (nSPS) is 22.1. The van der Waals surface area contributed by atoms with Gasteiger partial charge in [0.25, 0.3) is 0 Å². The van der Waals surface area contributed by atoms with Crippen molar-refractivity contribution < 1.29 is 9.53 Å². The van der Waals surface area contributed by atoms with Gasteiger partial charge in [0, 0.05) is 26.7 Å². The molecule has 1 aliphatic rings. The molecule has 2 heterocycles. The Hall–Kier alpha value is -1.40. The van der Waals surface area contributed by atoms with Gasteiger partial charge in [0.15, 0.2) is 5.75 Å². The molecule has 1 atom stereocenters. The largest absolute Gasteiger partial charge is 0.493 e. The number of hydrogen-bond donors (Lipinski definition) is 0. The average Bonchev–Trinajstić information content (AvgIpc) is 2.72. The minimum Gasteiger partial charge on any atom is -0.493 e. The molecule has 18 heavy (non-hydrogen) atoms. The highest BCUT2D eigenvalue weighted by atomic mass is 16.5. The molecule has 2 rings (SSSR count). The van der Waals surface area contributed by atoms with Gasteiger partial charge in [-0.1, -0.05) is 0 Å². The minimum absolute atomic E-state index is 0.0703. The van der Waals surface area contributed by atoms with Crippen molar-refractivity contribution in [3.63, 3.8) is 0 Å². The quantitative estimate of drug-likeness (QED) is 0.701. The monoisotopic (exact) mass is 252 g/mol. The lowest BCUT2D eigenvalue weighted by Crippen LogP contribution is -2.53. The lowest BCUT2D eigenvalue weighted by atomic mass is 10.1. The van der Waals surface area contributed by atoms with Crippen LogP contribution in [0.2, 0.25) is 0 Å². The van der Waals surface area contributed by atoms with Crippen LogP contribution in [0.3, 0.4) is 0 Å². The highest BCUT2D eigenvalue weighted by Crippen LogP contribution is 2.21. The number of piperazine rings is 1. The molecule has 0 spiro atoms. The van der Waals surface area contributed by atoms with E-state index in [1.54, 1.807) is 25.0 Å². The molecule has 1 saturated heterocycles. The summed E-state index contributed by atoms with van der Waals surface area (Å²) in [5.74, 6) is 0.616. The number of likely N-dealkylation sites (N-methyl/N-ethyl adjacent to an activating group) is 2. The van der Waals surface area contributed by atoms with Crippen molar-refractivity contribution >= 4 is 5.78 Å². The van der Waals surface area contributed by atoms with Gasteiger partial charge in [0.1, 0.15) is 5.69 Å². The second-order valence-electron chi connectivity index (χ2n) is 4.81. The zero-order chi connectivity index (χ0) is 13.3. The molecule has 0 radical (unpaired) electrons. The number of Topliss-reactive ketones (excluding diaryl/α,β-unsaturated/α-hetero) is 1. The minimum atomic E-state index is -0.131. The fourth-order valence-electron chi connectivity index (χ4n) is 2.30. The number of carbonyl (C=O) groups excluding carboxylic acids is 1. The predicted octanol–water partition coefficient (Wildman–Crippen LogP) is -0.143. The maximum atomic E-state index is 12.6. The first-order valence-corrected chi connectivity index (χ1v) is 6.03. The molecule has 0 saturated carbocycles. The van der Waals surface area contributed by atoms with Crippen LogP contribution in [0, 0.1) is 0 Å². The van der Waals surface area contributed by atoms with Gasteiger partial charge in [-0.05, 0) is 14.1 Å². The smallest absolute Gasteiger partial charge is 0.203 e. The Labute approximate surface area is 107 Å². The number of nitrogens with zero attached hydrogens (tertiary/aromatic N) is 4. The number of ether oxygens (including phenoxy) is 1. The topological polar surface area (TPSA) is 50.6 Å². The van der Waals surface area contributed by atoms with E-state index in [1.807, 2.05) is 14.1 Å². The third-order valence-electron chi connectivity index (χ3n) is 3.51. The number of rotatable bonds is 3. The maximum Gasteiger partial charge on any atom is 0.203 e. The Morgan fingerprint density at radius 2 is 2.11 bits per heavy atom. The van der Waals surface area contributed by atoms with Crippen LogP contribution >= 0.6 is 0 Å². The van der Waals surface area contributed by atoms with Crippen LogP contribution in [0.1, 0.15) is 10.5 Å².